The minimum Gasteiger partial charge on any atom is -0.461 e. The van der Waals surface area contributed by atoms with Gasteiger partial charge in [-0.05, 0) is 19.3 Å². The summed E-state index contributed by atoms with van der Waals surface area (Å²) in [6, 6.07) is 2.07. The molecule has 1 aliphatic rings. The summed E-state index contributed by atoms with van der Waals surface area (Å²) in [7, 11) is 0. The molecule has 0 radical (unpaired) electrons. The highest BCUT2D eigenvalue weighted by Crippen LogP contribution is 2.32. The number of carbonyl (C=O) groups is 2. The minimum absolute atomic E-state index is 0.0900. The average molecular weight is 348 g/mol. The SMILES string of the molecule is CCOC(=O)c1csc([C@@H](C#N)C(=O)[C@@H](C)CC2CCCCC2)n1. The lowest BCUT2D eigenvalue weighted by Gasteiger charge is -2.24. The Morgan fingerprint density at radius 1 is 1.42 bits per heavy atom. The summed E-state index contributed by atoms with van der Waals surface area (Å²) >= 11 is 1.17. The Morgan fingerprint density at radius 2 is 2.12 bits per heavy atom. The van der Waals surface area contributed by atoms with Gasteiger partial charge in [0.15, 0.2) is 17.4 Å². The van der Waals surface area contributed by atoms with Crippen LogP contribution in [0.5, 0.6) is 0 Å². The van der Waals surface area contributed by atoms with Crippen molar-refractivity contribution in [1.82, 2.24) is 4.98 Å². The van der Waals surface area contributed by atoms with Gasteiger partial charge in [-0.25, -0.2) is 9.78 Å². The van der Waals surface area contributed by atoms with Gasteiger partial charge in [-0.1, -0.05) is 39.0 Å². The largest absolute Gasteiger partial charge is 0.461 e. The molecule has 0 unspecified atom stereocenters. The number of esters is 1. The molecule has 0 aromatic carbocycles. The summed E-state index contributed by atoms with van der Waals surface area (Å²) < 4.78 is 4.90. The Labute approximate surface area is 147 Å². The Bertz CT molecular complexity index is 614. The predicted octanol–water partition coefficient (Wildman–Crippen LogP) is 4.10. The molecule has 24 heavy (non-hydrogen) atoms. The van der Waals surface area contributed by atoms with Gasteiger partial charge in [0.1, 0.15) is 5.01 Å². The molecule has 0 aliphatic heterocycles. The average Bonchev–Trinajstić information content (AvgIpc) is 3.06. The number of hydrogen-bond acceptors (Lipinski definition) is 6. The lowest BCUT2D eigenvalue weighted by atomic mass is 9.80. The van der Waals surface area contributed by atoms with Gasteiger partial charge >= 0.3 is 5.97 Å². The third-order valence-corrected chi connectivity index (χ3v) is 5.47. The fourth-order valence-electron chi connectivity index (χ4n) is 3.28. The maximum absolute atomic E-state index is 12.7. The monoisotopic (exact) mass is 348 g/mol. The van der Waals surface area contributed by atoms with Crippen molar-refractivity contribution in [2.24, 2.45) is 11.8 Å². The topological polar surface area (TPSA) is 80.0 Å². The molecular weight excluding hydrogens is 324 g/mol. The molecule has 0 saturated heterocycles. The molecule has 0 amide bonds. The Kier molecular flexibility index (Phi) is 6.92. The van der Waals surface area contributed by atoms with Crippen LogP contribution in [0, 0.1) is 23.2 Å². The van der Waals surface area contributed by atoms with Crippen LogP contribution in [0.25, 0.3) is 0 Å². The first kappa shape index (κ1) is 18.6. The fourth-order valence-corrected chi connectivity index (χ4v) is 4.12. The molecule has 5 nitrogen and oxygen atoms in total. The molecule has 2 atom stereocenters. The second-order valence-corrected chi connectivity index (χ2v) is 7.29. The Balaban J connectivity index is 2.02. The summed E-state index contributed by atoms with van der Waals surface area (Å²) in [6.45, 7) is 3.89. The lowest BCUT2D eigenvalue weighted by molar-refractivity contribution is -0.123. The maximum atomic E-state index is 12.7. The normalized spacial score (nSPS) is 17.7. The van der Waals surface area contributed by atoms with Gasteiger partial charge in [-0.3, -0.25) is 4.79 Å². The van der Waals surface area contributed by atoms with Crippen LogP contribution < -0.4 is 0 Å². The lowest BCUT2D eigenvalue weighted by Crippen LogP contribution is -2.22. The first-order valence-corrected chi connectivity index (χ1v) is 9.50. The zero-order valence-electron chi connectivity index (χ0n) is 14.3. The van der Waals surface area contributed by atoms with E-state index >= 15 is 0 Å². The third-order valence-electron chi connectivity index (χ3n) is 4.56. The highest BCUT2D eigenvalue weighted by Gasteiger charge is 2.30. The number of nitrogens with zero attached hydrogens (tertiary/aromatic N) is 2. The number of Topliss-reactive ketones (excluding diaryl/α,β-unsaturated/α-hetero) is 1. The van der Waals surface area contributed by atoms with E-state index in [-0.39, 0.29) is 24.0 Å². The van der Waals surface area contributed by atoms with E-state index in [0.29, 0.717) is 10.9 Å². The van der Waals surface area contributed by atoms with Gasteiger partial charge in [0.2, 0.25) is 0 Å². The molecule has 1 aliphatic carbocycles. The van der Waals surface area contributed by atoms with E-state index < -0.39 is 11.9 Å². The van der Waals surface area contributed by atoms with Crippen molar-refractivity contribution in [3.8, 4) is 6.07 Å². The van der Waals surface area contributed by atoms with Gasteiger partial charge in [0.05, 0.1) is 12.7 Å². The number of ether oxygens (including phenoxy) is 1. The van der Waals surface area contributed by atoms with E-state index in [2.05, 4.69) is 11.1 Å². The number of nitriles is 1. The molecule has 0 bridgehead atoms. The number of rotatable bonds is 7. The molecule has 0 N–H and O–H groups in total. The van der Waals surface area contributed by atoms with Crippen LogP contribution >= 0.6 is 11.3 Å². The molecule has 1 fully saturated rings. The minimum atomic E-state index is -0.892. The van der Waals surface area contributed by atoms with E-state index in [9.17, 15) is 14.9 Å². The molecule has 6 heteroatoms. The van der Waals surface area contributed by atoms with Crippen LogP contribution in [0.2, 0.25) is 0 Å². The fraction of sp³-hybridized carbons (Fsp3) is 0.667. The van der Waals surface area contributed by atoms with Crippen LogP contribution in [-0.4, -0.2) is 23.3 Å². The number of thiazole rings is 1. The summed E-state index contributed by atoms with van der Waals surface area (Å²) in [4.78, 5) is 28.5. The van der Waals surface area contributed by atoms with Crippen molar-refractivity contribution < 1.29 is 14.3 Å². The van der Waals surface area contributed by atoms with Crippen LogP contribution in [0.1, 0.15) is 73.8 Å². The van der Waals surface area contributed by atoms with E-state index in [1.165, 1.54) is 43.4 Å². The first-order chi connectivity index (χ1) is 11.6. The smallest absolute Gasteiger partial charge is 0.357 e. The van der Waals surface area contributed by atoms with Crippen molar-refractivity contribution in [1.29, 1.82) is 5.26 Å². The Hall–Kier alpha value is -1.74. The number of hydrogen-bond donors (Lipinski definition) is 0. The first-order valence-electron chi connectivity index (χ1n) is 8.62. The van der Waals surface area contributed by atoms with Gasteiger partial charge < -0.3 is 4.74 Å². The van der Waals surface area contributed by atoms with Gasteiger partial charge in [-0.2, -0.15) is 5.26 Å². The second-order valence-electron chi connectivity index (χ2n) is 6.40. The molecule has 1 aromatic rings. The van der Waals surface area contributed by atoms with Crippen molar-refractivity contribution in [3.63, 3.8) is 0 Å². The number of carbonyl (C=O) groups excluding carboxylic acids is 2. The second kappa shape index (κ2) is 8.93. The highest BCUT2D eigenvalue weighted by atomic mass is 32.1. The van der Waals surface area contributed by atoms with E-state index in [0.717, 1.165) is 6.42 Å². The zero-order chi connectivity index (χ0) is 17.5. The van der Waals surface area contributed by atoms with Gasteiger partial charge in [0, 0.05) is 11.3 Å². The van der Waals surface area contributed by atoms with Gasteiger partial charge in [-0.15, -0.1) is 11.3 Å². The van der Waals surface area contributed by atoms with Crippen LogP contribution in [-0.2, 0) is 9.53 Å². The Morgan fingerprint density at radius 3 is 2.75 bits per heavy atom. The molecule has 1 saturated carbocycles. The predicted molar refractivity (Wildman–Crippen MR) is 91.8 cm³/mol. The summed E-state index contributed by atoms with van der Waals surface area (Å²) in [5.41, 5.74) is 0.171. The van der Waals surface area contributed by atoms with E-state index in [1.54, 1.807) is 12.3 Å². The van der Waals surface area contributed by atoms with Gasteiger partial charge in [0.25, 0.3) is 0 Å². The standard InChI is InChI=1S/C18H24N2O3S/c1-3-23-18(22)15-11-24-17(20-15)14(10-19)16(21)12(2)9-13-7-5-4-6-8-13/h11-14H,3-9H2,1-2H3/t12-,14-/m0/s1. The summed E-state index contributed by atoms with van der Waals surface area (Å²) in [5.74, 6) is -1.07. The molecule has 2 rings (SSSR count). The molecule has 1 heterocycles. The van der Waals surface area contributed by atoms with E-state index in [1.807, 2.05) is 6.92 Å². The quantitative estimate of drug-likeness (QED) is 0.693. The molecular formula is C18H24N2O3S. The van der Waals surface area contributed by atoms with Crippen LogP contribution in [0.3, 0.4) is 0 Å². The van der Waals surface area contributed by atoms with Crippen molar-refractivity contribution in [2.75, 3.05) is 6.61 Å². The highest BCUT2D eigenvalue weighted by molar-refractivity contribution is 7.10. The number of aromatic nitrogens is 1. The van der Waals surface area contributed by atoms with E-state index in [4.69, 9.17) is 4.74 Å². The van der Waals surface area contributed by atoms with Crippen molar-refractivity contribution in [3.05, 3.63) is 16.1 Å². The molecule has 0 spiro atoms. The van der Waals surface area contributed by atoms with Crippen LogP contribution in [0.15, 0.2) is 5.38 Å². The summed E-state index contributed by atoms with van der Waals surface area (Å²) in [5, 5.41) is 11.4. The van der Waals surface area contributed by atoms with Crippen LogP contribution in [0.4, 0.5) is 0 Å². The zero-order valence-corrected chi connectivity index (χ0v) is 15.1. The maximum Gasteiger partial charge on any atom is 0.357 e. The molecule has 130 valence electrons. The number of ketones is 1. The third kappa shape index (κ3) is 4.64. The molecule has 1 aromatic heterocycles. The van der Waals surface area contributed by atoms with Crippen molar-refractivity contribution >= 4 is 23.1 Å². The van der Waals surface area contributed by atoms with Crippen molar-refractivity contribution in [2.45, 2.75) is 58.3 Å². The summed E-state index contributed by atoms with van der Waals surface area (Å²) in [6.07, 6.45) is 6.96.